The highest BCUT2D eigenvalue weighted by Gasteiger charge is 2.13. The Morgan fingerprint density at radius 2 is 1.47 bits per heavy atom. The molecule has 0 aromatic heterocycles. The zero-order valence-corrected chi connectivity index (χ0v) is 11.5. The van der Waals surface area contributed by atoms with Gasteiger partial charge in [0.1, 0.15) is 5.75 Å². The molecule has 0 aliphatic heterocycles. The van der Waals surface area contributed by atoms with Crippen molar-refractivity contribution in [2.24, 2.45) is 0 Å². The lowest BCUT2D eigenvalue weighted by molar-refractivity contribution is 0.475. The standard InChI is InChI=1S/C18H22O/c1-2-3-5-10-18(15-8-6-4-7-9-15)16-11-13-17(19)14-12-16/h4,6-9,11-14,18-19H,2-3,5,10H2,1H3. The minimum Gasteiger partial charge on any atom is -0.508 e. The lowest BCUT2D eigenvalue weighted by Gasteiger charge is -2.18. The summed E-state index contributed by atoms with van der Waals surface area (Å²) in [5, 5.41) is 9.42. The molecule has 100 valence electrons. The number of phenolic OH excluding ortho intramolecular Hbond substituents is 1. The average Bonchev–Trinajstić information content (AvgIpc) is 2.46. The highest BCUT2D eigenvalue weighted by molar-refractivity contribution is 5.35. The molecule has 0 heterocycles. The minimum atomic E-state index is 0.337. The second kappa shape index (κ2) is 6.98. The largest absolute Gasteiger partial charge is 0.508 e. The molecule has 1 atom stereocenters. The third-order valence-corrected chi connectivity index (χ3v) is 3.59. The number of benzene rings is 2. The van der Waals surface area contributed by atoms with Gasteiger partial charge in [0.05, 0.1) is 0 Å². The van der Waals surface area contributed by atoms with Crippen LogP contribution in [0.25, 0.3) is 0 Å². The molecule has 0 fully saturated rings. The summed E-state index contributed by atoms with van der Waals surface area (Å²) in [6.45, 7) is 2.23. The van der Waals surface area contributed by atoms with Gasteiger partial charge in [-0.25, -0.2) is 0 Å². The number of rotatable bonds is 6. The van der Waals surface area contributed by atoms with Crippen molar-refractivity contribution in [3.63, 3.8) is 0 Å². The Hall–Kier alpha value is -1.76. The van der Waals surface area contributed by atoms with Crippen LogP contribution in [-0.2, 0) is 0 Å². The van der Waals surface area contributed by atoms with Gasteiger partial charge < -0.3 is 5.11 Å². The number of phenols is 1. The van der Waals surface area contributed by atoms with Gasteiger partial charge in [-0.3, -0.25) is 0 Å². The lowest BCUT2D eigenvalue weighted by atomic mass is 9.87. The first kappa shape index (κ1) is 13.7. The third-order valence-electron chi connectivity index (χ3n) is 3.59. The van der Waals surface area contributed by atoms with Crippen molar-refractivity contribution in [2.45, 2.75) is 38.5 Å². The fourth-order valence-electron chi connectivity index (χ4n) is 2.52. The van der Waals surface area contributed by atoms with Crippen LogP contribution in [0.1, 0.15) is 49.7 Å². The molecule has 2 aromatic carbocycles. The molecule has 0 radical (unpaired) electrons. The van der Waals surface area contributed by atoms with E-state index in [1.807, 2.05) is 12.1 Å². The van der Waals surface area contributed by atoms with Gasteiger partial charge in [0.15, 0.2) is 0 Å². The SMILES string of the molecule is CCCCCC(c1ccccc1)c1ccc(O)cc1. The van der Waals surface area contributed by atoms with E-state index in [1.54, 1.807) is 12.1 Å². The quantitative estimate of drug-likeness (QED) is 0.711. The molecule has 2 rings (SSSR count). The normalized spacial score (nSPS) is 12.3. The molecule has 0 saturated carbocycles. The molecule has 1 N–H and O–H groups in total. The summed E-state index contributed by atoms with van der Waals surface area (Å²) in [5.74, 6) is 0.775. The zero-order chi connectivity index (χ0) is 13.5. The first-order valence-corrected chi connectivity index (χ1v) is 7.15. The first-order valence-electron chi connectivity index (χ1n) is 7.15. The van der Waals surface area contributed by atoms with E-state index in [1.165, 1.54) is 36.8 Å². The smallest absolute Gasteiger partial charge is 0.115 e. The van der Waals surface area contributed by atoms with Gasteiger partial charge in [0, 0.05) is 5.92 Å². The highest BCUT2D eigenvalue weighted by Crippen LogP contribution is 2.30. The molecule has 1 unspecified atom stereocenters. The van der Waals surface area contributed by atoms with Gasteiger partial charge in [-0.2, -0.15) is 0 Å². The van der Waals surface area contributed by atoms with E-state index in [0.29, 0.717) is 11.7 Å². The molecular formula is C18H22O. The van der Waals surface area contributed by atoms with E-state index >= 15 is 0 Å². The van der Waals surface area contributed by atoms with E-state index in [4.69, 9.17) is 0 Å². The van der Waals surface area contributed by atoms with Crippen molar-refractivity contribution in [1.82, 2.24) is 0 Å². The molecule has 0 spiro atoms. The first-order chi connectivity index (χ1) is 9.31. The topological polar surface area (TPSA) is 20.2 Å². The second-order valence-corrected chi connectivity index (χ2v) is 5.05. The predicted octanol–water partition coefficient (Wildman–Crippen LogP) is 5.10. The van der Waals surface area contributed by atoms with Crippen molar-refractivity contribution in [3.05, 3.63) is 65.7 Å². The number of unbranched alkanes of at least 4 members (excludes halogenated alkanes) is 2. The second-order valence-electron chi connectivity index (χ2n) is 5.05. The van der Waals surface area contributed by atoms with E-state index in [9.17, 15) is 5.11 Å². The number of hydrogen-bond acceptors (Lipinski definition) is 1. The Labute approximate surface area is 115 Å². The van der Waals surface area contributed by atoms with Crippen LogP contribution in [-0.4, -0.2) is 5.11 Å². The highest BCUT2D eigenvalue weighted by atomic mass is 16.3. The molecule has 0 amide bonds. The third kappa shape index (κ3) is 3.85. The molecule has 19 heavy (non-hydrogen) atoms. The molecule has 0 aliphatic carbocycles. The summed E-state index contributed by atoms with van der Waals surface area (Å²) in [7, 11) is 0. The van der Waals surface area contributed by atoms with E-state index < -0.39 is 0 Å². The maximum absolute atomic E-state index is 9.42. The Kier molecular flexibility index (Phi) is 5.02. The maximum atomic E-state index is 9.42. The van der Waals surface area contributed by atoms with Crippen LogP contribution in [0, 0.1) is 0 Å². The molecule has 1 nitrogen and oxygen atoms in total. The van der Waals surface area contributed by atoms with Crippen LogP contribution in [0.4, 0.5) is 0 Å². The summed E-state index contributed by atoms with van der Waals surface area (Å²) in [4.78, 5) is 0. The van der Waals surface area contributed by atoms with Crippen LogP contribution < -0.4 is 0 Å². The van der Waals surface area contributed by atoms with Crippen LogP contribution in [0.15, 0.2) is 54.6 Å². The summed E-state index contributed by atoms with van der Waals surface area (Å²) >= 11 is 0. The van der Waals surface area contributed by atoms with Crippen molar-refractivity contribution in [3.8, 4) is 5.75 Å². The number of aromatic hydroxyl groups is 1. The Morgan fingerprint density at radius 1 is 0.842 bits per heavy atom. The van der Waals surface area contributed by atoms with E-state index in [2.05, 4.69) is 37.3 Å². The van der Waals surface area contributed by atoms with Crippen molar-refractivity contribution < 1.29 is 5.11 Å². The van der Waals surface area contributed by atoms with E-state index in [0.717, 1.165) is 0 Å². The van der Waals surface area contributed by atoms with Crippen LogP contribution in [0.2, 0.25) is 0 Å². The Morgan fingerprint density at radius 3 is 2.11 bits per heavy atom. The van der Waals surface area contributed by atoms with Gasteiger partial charge in [-0.15, -0.1) is 0 Å². The Balaban J connectivity index is 2.21. The molecule has 0 bridgehead atoms. The summed E-state index contributed by atoms with van der Waals surface area (Å²) in [5.41, 5.74) is 2.66. The summed E-state index contributed by atoms with van der Waals surface area (Å²) in [6, 6.07) is 18.3. The van der Waals surface area contributed by atoms with Gasteiger partial charge >= 0.3 is 0 Å². The zero-order valence-electron chi connectivity index (χ0n) is 11.5. The molecule has 1 heteroatoms. The van der Waals surface area contributed by atoms with Crippen molar-refractivity contribution in [1.29, 1.82) is 0 Å². The molecule has 0 saturated heterocycles. The van der Waals surface area contributed by atoms with Crippen LogP contribution >= 0.6 is 0 Å². The molecule has 0 aliphatic rings. The Bertz CT molecular complexity index is 473. The van der Waals surface area contributed by atoms with Gasteiger partial charge in [0.2, 0.25) is 0 Å². The van der Waals surface area contributed by atoms with Gasteiger partial charge in [-0.1, -0.05) is 68.7 Å². The van der Waals surface area contributed by atoms with E-state index in [-0.39, 0.29) is 0 Å². The lowest BCUT2D eigenvalue weighted by Crippen LogP contribution is -2.01. The summed E-state index contributed by atoms with van der Waals surface area (Å²) < 4.78 is 0. The fraction of sp³-hybridized carbons (Fsp3) is 0.333. The monoisotopic (exact) mass is 254 g/mol. The average molecular weight is 254 g/mol. The number of hydrogen-bond donors (Lipinski definition) is 1. The fourth-order valence-corrected chi connectivity index (χ4v) is 2.52. The minimum absolute atomic E-state index is 0.337. The van der Waals surface area contributed by atoms with Crippen LogP contribution in [0.5, 0.6) is 5.75 Å². The molecular weight excluding hydrogens is 232 g/mol. The maximum Gasteiger partial charge on any atom is 0.115 e. The molecule has 2 aromatic rings. The van der Waals surface area contributed by atoms with Gasteiger partial charge in [0.25, 0.3) is 0 Å². The predicted molar refractivity (Wildman–Crippen MR) is 80.5 cm³/mol. The van der Waals surface area contributed by atoms with Crippen molar-refractivity contribution >= 4 is 0 Å². The van der Waals surface area contributed by atoms with Gasteiger partial charge in [-0.05, 0) is 29.7 Å². The van der Waals surface area contributed by atoms with Crippen LogP contribution in [0.3, 0.4) is 0 Å². The van der Waals surface area contributed by atoms with Crippen molar-refractivity contribution in [2.75, 3.05) is 0 Å². The summed E-state index contributed by atoms with van der Waals surface area (Å²) in [6.07, 6.45) is 4.94.